The van der Waals surface area contributed by atoms with E-state index in [1.165, 1.54) is 0 Å². The Morgan fingerprint density at radius 3 is 2.55 bits per heavy atom. The highest BCUT2D eigenvalue weighted by molar-refractivity contribution is 5.96. The van der Waals surface area contributed by atoms with Crippen LogP contribution in [0.4, 0.5) is 0 Å². The Balaban J connectivity index is 1.53. The number of hydrazine groups is 1. The van der Waals surface area contributed by atoms with Crippen LogP contribution in [0.5, 0.6) is 11.5 Å². The van der Waals surface area contributed by atoms with Crippen LogP contribution >= 0.6 is 0 Å². The minimum atomic E-state index is -0.460. The normalized spacial score (nSPS) is 11.5. The third-order valence-electron chi connectivity index (χ3n) is 4.43. The number of hydrogen-bond donors (Lipinski definition) is 2. The first-order valence-electron chi connectivity index (χ1n) is 9.53. The van der Waals surface area contributed by atoms with Crippen LogP contribution in [0.1, 0.15) is 30.6 Å². The van der Waals surface area contributed by atoms with Gasteiger partial charge in [-0.25, -0.2) is 0 Å². The molecule has 3 rings (SSSR count). The molecule has 0 aliphatic carbocycles. The number of carbonyl (C=O) groups is 2. The van der Waals surface area contributed by atoms with Gasteiger partial charge in [-0.1, -0.05) is 49.4 Å². The Kier molecular flexibility index (Phi) is 6.68. The molecular weight excluding hydrogens is 368 g/mol. The highest BCUT2D eigenvalue weighted by Gasteiger charge is 2.10. The minimum Gasteiger partial charge on any atom is -0.491 e. The zero-order chi connectivity index (χ0) is 20.6. The predicted octanol–water partition coefficient (Wildman–Crippen LogP) is 3.86. The van der Waals surface area contributed by atoms with E-state index in [9.17, 15) is 9.59 Å². The van der Waals surface area contributed by atoms with Gasteiger partial charge in [0.15, 0.2) is 6.61 Å². The van der Waals surface area contributed by atoms with Crippen molar-refractivity contribution in [2.45, 2.75) is 26.4 Å². The van der Waals surface area contributed by atoms with Crippen molar-refractivity contribution in [2.24, 2.45) is 0 Å². The van der Waals surface area contributed by atoms with Crippen molar-refractivity contribution in [3.8, 4) is 11.5 Å². The lowest BCUT2D eigenvalue weighted by atomic mass is 10.1. The molecule has 150 valence electrons. The number of benzene rings is 3. The van der Waals surface area contributed by atoms with E-state index in [0.29, 0.717) is 17.1 Å². The largest absolute Gasteiger partial charge is 0.491 e. The first-order chi connectivity index (χ1) is 14.1. The van der Waals surface area contributed by atoms with Crippen molar-refractivity contribution in [1.29, 1.82) is 0 Å². The third-order valence-corrected chi connectivity index (χ3v) is 4.43. The zero-order valence-corrected chi connectivity index (χ0v) is 16.5. The predicted molar refractivity (Wildman–Crippen MR) is 112 cm³/mol. The van der Waals surface area contributed by atoms with E-state index in [2.05, 4.69) is 10.9 Å². The standard InChI is InChI=1S/C23H24N2O4/c1-3-16(2)29-19-11-6-10-18(14-19)23(27)25-24-22(26)15-28-21-13-7-9-17-8-4-5-12-20(17)21/h4-14,16H,3,15H2,1-2H3,(H,24,26)(H,25,27). The molecule has 0 aliphatic heterocycles. The zero-order valence-electron chi connectivity index (χ0n) is 16.5. The van der Waals surface area contributed by atoms with Crippen LogP contribution < -0.4 is 20.3 Å². The molecule has 6 nitrogen and oxygen atoms in total. The van der Waals surface area contributed by atoms with Gasteiger partial charge in [-0.05, 0) is 43.0 Å². The van der Waals surface area contributed by atoms with E-state index in [-0.39, 0.29) is 12.7 Å². The molecule has 2 N–H and O–H groups in total. The van der Waals surface area contributed by atoms with Gasteiger partial charge in [0.25, 0.3) is 11.8 Å². The van der Waals surface area contributed by atoms with E-state index in [1.54, 1.807) is 30.3 Å². The van der Waals surface area contributed by atoms with Gasteiger partial charge in [0.1, 0.15) is 11.5 Å². The Labute approximate surface area is 169 Å². The van der Waals surface area contributed by atoms with E-state index >= 15 is 0 Å². The molecule has 0 saturated carbocycles. The van der Waals surface area contributed by atoms with Crippen molar-refractivity contribution >= 4 is 22.6 Å². The number of fused-ring (bicyclic) bond motifs is 1. The Morgan fingerprint density at radius 1 is 0.966 bits per heavy atom. The summed E-state index contributed by atoms with van der Waals surface area (Å²) >= 11 is 0. The van der Waals surface area contributed by atoms with Crippen LogP contribution in [0.2, 0.25) is 0 Å². The van der Waals surface area contributed by atoms with Crippen LogP contribution in [0.25, 0.3) is 10.8 Å². The fourth-order valence-electron chi connectivity index (χ4n) is 2.73. The second-order valence-electron chi connectivity index (χ2n) is 6.63. The molecule has 0 heterocycles. The second-order valence-corrected chi connectivity index (χ2v) is 6.63. The van der Waals surface area contributed by atoms with Gasteiger partial charge in [0.2, 0.25) is 0 Å². The molecule has 0 saturated heterocycles. The van der Waals surface area contributed by atoms with Crippen LogP contribution in [-0.2, 0) is 4.79 Å². The van der Waals surface area contributed by atoms with Crippen molar-refractivity contribution in [3.63, 3.8) is 0 Å². The monoisotopic (exact) mass is 392 g/mol. The second kappa shape index (κ2) is 9.59. The van der Waals surface area contributed by atoms with Gasteiger partial charge < -0.3 is 9.47 Å². The van der Waals surface area contributed by atoms with Gasteiger partial charge >= 0.3 is 0 Å². The molecule has 29 heavy (non-hydrogen) atoms. The lowest BCUT2D eigenvalue weighted by molar-refractivity contribution is -0.123. The average Bonchev–Trinajstić information content (AvgIpc) is 2.76. The number of rotatable bonds is 7. The molecule has 3 aromatic rings. The summed E-state index contributed by atoms with van der Waals surface area (Å²) < 4.78 is 11.3. The molecular formula is C23H24N2O4. The highest BCUT2D eigenvalue weighted by Crippen LogP contribution is 2.24. The number of hydrogen-bond acceptors (Lipinski definition) is 4. The molecule has 0 aliphatic rings. The fraction of sp³-hybridized carbons (Fsp3) is 0.217. The maximum absolute atomic E-state index is 12.3. The maximum atomic E-state index is 12.3. The maximum Gasteiger partial charge on any atom is 0.276 e. The number of carbonyl (C=O) groups excluding carboxylic acids is 2. The van der Waals surface area contributed by atoms with Gasteiger partial charge in [-0.3, -0.25) is 20.4 Å². The van der Waals surface area contributed by atoms with Gasteiger partial charge in [0.05, 0.1) is 6.10 Å². The smallest absolute Gasteiger partial charge is 0.276 e. The van der Waals surface area contributed by atoms with Crippen molar-refractivity contribution in [3.05, 3.63) is 72.3 Å². The number of amides is 2. The summed E-state index contributed by atoms with van der Waals surface area (Å²) in [6, 6.07) is 20.2. The molecule has 3 aromatic carbocycles. The summed E-state index contributed by atoms with van der Waals surface area (Å²) in [7, 11) is 0. The molecule has 2 amide bonds. The first-order valence-corrected chi connectivity index (χ1v) is 9.53. The van der Waals surface area contributed by atoms with Gasteiger partial charge in [0, 0.05) is 10.9 Å². The van der Waals surface area contributed by atoms with Gasteiger partial charge in [-0.2, -0.15) is 0 Å². The van der Waals surface area contributed by atoms with E-state index < -0.39 is 11.8 Å². The quantitative estimate of drug-likeness (QED) is 0.599. The van der Waals surface area contributed by atoms with E-state index in [0.717, 1.165) is 17.2 Å². The summed E-state index contributed by atoms with van der Waals surface area (Å²) in [5.74, 6) is 0.327. The first kappa shape index (κ1) is 20.2. The molecule has 0 spiro atoms. The van der Waals surface area contributed by atoms with Crippen LogP contribution in [0.15, 0.2) is 66.7 Å². The Bertz CT molecular complexity index is 998. The highest BCUT2D eigenvalue weighted by atomic mass is 16.5. The SMILES string of the molecule is CCC(C)Oc1cccc(C(=O)NNC(=O)COc2cccc3ccccc23)c1. The molecule has 0 aromatic heterocycles. The van der Waals surface area contributed by atoms with Crippen molar-refractivity contribution < 1.29 is 19.1 Å². The van der Waals surface area contributed by atoms with Crippen LogP contribution in [-0.4, -0.2) is 24.5 Å². The number of nitrogens with one attached hydrogen (secondary N) is 2. The van der Waals surface area contributed by atoms with E-state index in [1.807, 2.05) is 50.2 Å². The molecule has 0 radical (unpaired) electrons. The summed E-state index contributed by atoms with van der Waals surface area (Å²) in [6.45, 7) is 3.77. The molecule has 0 bridgehead atoms. The topological polar surface area (TPSA) is 76.7 Å². The van der Waals surface area contributed by atoms with Crippen LogP contribution in [0.3, 0.4) is 0 Å². The van der Waals surface area contributed by atoms with Crippen molar-refractivity contribution in [1.82, 2.24) is 10.9 Å². The lowest BCUT2D eigenvalue weighted by Crippen LogP contribution is -2.43. The molecule has 6 heteroatoms. The fourth-order valence-corrected chi connectivity index (χ4v) is 2.73. The molecule has 1 unspecified atom stereocenters. The minimum absolute atomic E-state index is 0.0548. The number of ether oxygens (including phenoxy) is 2. The Morgan fingerprint density at radius 2 is 1.72 bits per heavy atom. The summed E-state index contributed by atoms with van der Waals surface area (Å²) in [4.78, 5) is 24.3. The van der Waals surface area contributed by atoms with Crippen molar-refractivity contribution in [2.75, 3.05) is 6.61 Å². The summed E-state index contributed by atoms with van der Waals surface area (Å²) in [6.07, 6.45) is 0.919. The summed E-state index contributed by atoms with van der Waals surface area (Å²) in [5, 5.41) is 1.95. The summed E-state index contributed by atoms with van der Waals surface area (Å²) in [5.41, 5.74) is 5.15. The van der Waals surface area contributed by atoms with Gasteiger partial charge in [-0.15, -0.1) is 0 Å². The lowest BCUT2D eigenvalue weighted by Gasteiger charge is -2.13. The third kappa shape index (κ3) is 5.48. The average molecular weight is 392 g/mol. The van der Waals surface area contributed by atoms with Crippen LogP contribution in [0, 0.1) is 0 Å². The Hall–Kier alpha value is -3.54. The van der Waals surface area contributed by atoms with E-state index in [4.69, 9.17) is 9.47 Å². The molecule has 1 atom stereocenters. The molecule has 0 fully saturated rings.